The minimum absolute atomic E-state index is 0.289. The summed E-state index contributed by atoms with van der Waals surface area (Å²) in [6, 6.07) is 15.1. The fraction of sp³-hybridized carbons (Fsp3) is 0.320. The maximum Gasteiger partial charge on any atom is 0.156 e. The molecule has 1 aliphatic heterocycles. The van der Waals surface area contributed by atoms with Gasteiger partial charge in [0.2, 0.25) is 0 Å². The molecule has 1 aliphatic carbocycles. The highest BCUT2D eigenvalue weighted by atomic mass is 16.1. The topological polar surface area (TPSA) is 22.0 Å². The number of hydrogen-bond acceptors (Lipinski definition) is 1. The molecule has 136 valence electrons. The van der Waals surface area contributed by atoms with Gasteiger partial charge in [-0.2, -0.15) is 0 Å². The summed E-state index contributed by atoms with van der Waals surface area (Å²) in [5.74, 6) is 0.880. The number of ketones is 1. The Morgan fingerprint density at radius 2 is 1.85 bits per heavy atom. The third kappa shape index (κ3) is 2.66. The smallest absolute Gasteiger partial charge is 0.156 e. The lowest BCUT2D eigenvalue weighted by Gasteiger charge is -2.23. The van der Waals surface area contributed by atoms with Crippen molar-refractivity contribution in [2.45, 2.75) is 51.0 Å². The van der Waals surface area contributed by atoms with Crippen LogP contribution in [0.2, 0.25) is 0 Å². The number of benzene rings is 2. The molecule has 5 rings (SSSR count). The lowest BCUT2D eigenvalue weighted by Crippen LogP contribution is -2.10. The summed E-state index contributed by atoms with van der Waals surface area (Å²) in [5, 5.41) is 1.33. The van der Waals surface area contributed by atoms with Gasteiger partial charge in [0.25, 0.3) is 0 Å². The highest BCUT2D eigenvalue weighted by molar-refractivity contribution is 5.98. The number of fused-ring (bicyclic) bond motifs is 5. The van der Waals surface area contributed by atoms with E-state index >= 15 is 0 Å². The van der Waals surface area contributed by atoms with Crippen LogP contribution in [0.4, 0.5) is 0 Å². The van der Waals surface area contributed by atoms with E-state index in [4.69, 9.17) is 0 Å². The highest BCUT2D eigenvalue weighted by Gasteiger charge is 2.29. The predicted octanol–water partition coefficient (Wildman–Crippen LogP) is 6.12. The molecule has 0 amide bonds. The van der Waals surface area contributed by atoms with Crippen molar-refractivity contribution in [3.8, 4) is 11.3 Å². The van der Waals surface area contributed by atoms with Gasteiger partial charge < -0.3 is 4.57 Å². The van der Waals surface area contributed by atoms with E-state index in [1.54, 1.807) is 0 Å². The number of aromatic nitrogens is 1. The normalized spacial score (nSPS) is 17.4. The van der Waals surface area contributed by atoms with Gasteiger partial charge in [0, 0.05) is 22.9 Å². The molecule has 0 bridgehead atoms. The molecule has 0 unspecified atom stereocenters. The third-order valence-corrected chi connectivity index (χ3v) is 6.37. The van der Waals surface area contributed by atoms with Crippen molar-refractivity contribution in [3.05, 3.63) is 65.7 Å². The molecular formula is C25H25NO. The van der Waals surface area contributed by atoms with Crippen molar-refractivity contribution in [2.24, 2.45) is 0 Å². The number of Topliss-reactive ketones (excluding diaryl/α,β-unsaturated/α-hetero) is 1. The van der Waals surface area contributed by atoms with Crippen molar-refractivity contribution in [1.29, 1.82) is 0 Å². The average molecular weight is 355 g/mol. The van der Waals surface area contributed by atoms with Crippen LogP contribution in [-0.2, 0) is 17.8 Å². The van der Waals surface area contributed by atoms with E-state index in [9.17, 15) is 4.79 Å². The summed E-state index contributed by atoms with van der Waals surface area (Å²) in [6.45, 7) is 4.41. The van der Waals surface area contributed by atoms with Crippen LogP contribution < -0.4 is 0 Å². The number of rotatable bonds is 2. The van der Waals surface area contributed by atoms with E-state index in [-0.39, 0.29) is 5.78 Å². The Bertz CT molecular complexity index is 1050. The fourth-order valence-corrected chi connectivity index (χ4v) is 5.13. The van der Waals surface area contributed by atoms with Crippen LogP contribution in [0.3, 0.4) is 0 Å². The molecule has 0 atom stereocenters. The molecule has 3 aromatic rings. The summed E-state index contributed by atoms with van der Waals surface area (Å²) < 4.78 is 2.29. The summed E-state index contributed by atoms with van der Waals surface area (Å²) in [5.41, 5.74) is 7.49. The first kappa shape index (κ1) is 16.6. The van der Waals surface area contributed by atoms with E-state index in [0.29, 0.717) is 18.9 Å². The van der Waals surface area contributed by atoms with Crippen molar-refractivity contribution in [3.63, 3.8) is 0 Å². The monoisotopic (exact) mass is 355 g/mol. The molecule has 0 saturated heterocycles. The van der Waals surface area contributed by atoms with Crippen LogP contribution in [0.5, 0.6) is 0 Å². The van der Waals surface area contributed by atoms with Crippen LogP contribution in [0.15, 0.2) is 49.0 Å². The minimum Gasteiger partial charge on any atom is -0.333 e. The number of nitrogens with zero attached hydrogens (tertiary/aromatic N) is 1. The van der Waals surface area contributed by atoms with Gasteiger partial charge in [-0.25, -0.2) is 0 Å². The Morgan fingerprint density at radius 1 is 1.04 bits per heavy atom. The Kier molecular flexibility index (Phi) is 4.00. The molecule has 1 fully saturated rings. The van der Waals surface area contributed by atoms with Crippen LogP contribution in [0, 0.1) is 0 Å². The first-order chi connectivity index (χ1) is 13.3. The van der Waals surface area contributed by atoms with Gasteiger partial charge in [-0.3, -0.25) is 4.79 Å². The fourth-order valence-electron chi connectivity index (χ4n) is 5.13. The first-order valence-corrected chi connectivity index (χ1v) is 10.1. The second kappa shape index (κ2) is 6.53. The van der Waals surface area contributed by atoms with Gasteiger partial charge in [0.15, 0.2) is 5.78 Å². The Hall–Kier alpha value is -2.61. The van der Waals surface area contributed by atoms with Crippen molar-refractivity contribution in [2.75, 3.05) is 0 Å². The molecular weight excluding hydrogens is 330 g/mol. The molecule has 2 heterocycles. The Morgan fingerprint density at radius 3 is 2.67 bits per heavy atom. The van der Waals surface area contributed by atoms with Gasteiger partial charge in [-0.15, -0.1) is 0 Å². The molecule has 27 heavy (non-hydrogen) atoms. The van der Waals surface area contributed by atoms with E-state index < -0.39 is 0 Å². The van der Waals surface area contributed by atoms with Gasteiger partial charge in [0.1, 0.15) is 0 Å². The standard InChI is InChI=1S/C25H25NO/c1-2-17-12-13-22-23(14-17)26-16-20(27)15-19-10-6-7-11-21(19)25(26)24(22)18-8-4-3-5-9-18/h2,6-7,10-14,18H,1,3-5,8-9,15-16H2. The zero-order chi connectivity index (χ0) is 18.4. The first-order valence-electron chi connectivity index (χ1n) is 10.1. The maximum absolute atomic E-state index is 12.8. The second-order valence-corrected chi connectivity index (χ2v) is 8.04. The summed E-state index contributed by atoms with van der Waals surface area (Å²) in [6.07, 6.45) is 8.90. The second-order valence-electron chi connectivity index (χ2n) is 8.04. The van der Waals surface area contributed by atoms with Gasteiger partial charge >= 0.3 is 0 Å². The largest absolute Gasteiger partial charge is 0.333 e. The highest BCUT2D eigenvalue weighted by Crippen LogP contribution is 2.45. The van der Waals surface area contributed by atoms with Gasteiger partial charge in [0.05, 0.1) is 12.2 Å². The predicted molar refractivity (Wildman–Crippen MR) is 112 cm³/mol. The number of carbonyl (C=O) groups excluding carboxylic acids is 1. The lowest BCUT2D eigenvalue weighted by atomic mass is 9.81. The number of carbonyl (C=O) groups is 1. The zero-order valence-corrected chi connectivity index (χ0v) is 15.7. The van der Waals surface area contributed by atoms with E-state index in [1.807, 2.05) is 6.08 Å². The molecule has 2 aliphatic rings. The molecule has 1 saturated carbocycles. The SMILES string of the molecule is C=Cc1ccc2c(C3CCCCC3)c3n(c2c1)CC(=O)Cc1ccccc1-3. The Labute approximate surface area is 160 Å². The molecule has 2 aromatic carbocycles. The van der Waals surface area contributed by atoms with Crippen LogP contribution in [-0.4, -0.2) is 10.4 Å². The average Bonchev–Trinajstić information content (AvgIpc) is 2.93. The molecule has 0 radical (unpaired) electrons. The summed E-state index contributed by atoms with van der Waals surface area (Å²) >= 11 is 0. The van der Waals surface area contributed by atoms with Crippen molar-refractivity contribution < 1.29 is 4.79 Å². The van der Waals surface area contributed by atoms with Crippen molar-refractivity contribution >= 4 is 22.8 Å². The zero-order valence-electron chi connectivity index (χ0n) is 15.7. The van der Waals surface area contributed by atoms with Crippen LogP contribution in [0.25, 0.3) is 28.2 Å². The van der Waals surface area contributed by atoms with E-state index in [0.717, 1.165) is 5.56 Å². The molecule has 2 heteroatoms. The molecule has 0 N–H and O–H groups in total. The lowest BCUT2D eigenvalue weighted by molar-refractivity contribution is -0.118. The maximum atomic E-state index is 12.8. The quantitative estimate of drug-likeness (QED) is 0.542. The van der Waals surface area contributed by atoms with E-state index in [2.05, 4.69) is 53.6 Å². The summed E-state index contributed by atoms with van der Waals surface area (Å²) in [7, 11) is 0. The van der Waals surface area contributed by atoms with E-state index in [1.165, 1.54) is 65.4 Å². The summed E-state index contributed by atoms with van der Waals surface area (Å²) in [4.78, 5) is 12.8. The van der Waals surface area contributed by atoms with Crippen LogP contribution >= 0.6 is 0 Å². The minimum atomic E-state index is 0.289. The molecule has 2 nitrogen and oxygen atoms in total. The van der Waals surface area contributed by atoms with Gasteiger partial charge in [-0.1, -0.05) is 68.3 Å². The van der Waals surface area contributed by atoms with Crippen molar-refractivity contribution in [1.82, 2.24) is 4.57 Å². The molecule has 1 aromatic heterocycles. The Balaban J connectivity index is 1.87. The van der Waals surface area contributed by atoms with Crippen LogP contribution in [0.1, 0.15) is 54.7 Å². The third-order valence-electron chi connectivity index (χ3n) is 6.37. The number of hydrogen-bond donors (Lipinski definition) is 0. The van der Waals surface area contributed by atoms with Gasteiger partial charge in [-0.05, 0) is 41.5 Å². The molecule has 0 spiro atoms.